The number of halogens is 9. The lowest BCUT2D eigenvalue weighted by atomic mass is 10.2. The highest BCUT2D eigenvalue weighted by Crippen LogP contribution is 2.27. The second kappa shape index (κ2) is 11.2. The maximum absolute atomic E-state index is 12.6. The van der Waals surface area contributed by atoms with Crippen molar-refractivity contribution in [2.75, 3.05) is 23.4 Å². The molecule has 2 aromatic rings. The van der Waals surface area contributed by atoms with Gasteiger partial charge in [0.1, 0.15) is 12.3 Å². The van der Waals surface area contributed by atoms with Gasteiger partial charge in [-0.05, 0) is 30.7 Å². The number of benzene rings is 1. The minimum absolute atomic E-state index is 0.106. The maximum Gasteiger partial charge on any atom is 0.573 e. The van der Waals surface area contributed by atoms with Gasteiger partial charge in [-0.1, -0.05) is 0 Å². The third-order valence-corrected chi connectivity index (χ3v) is 3.88. The summed E-state index contributed by atoms with van der Waals surface area (Å²) < 4.78 is 120. The fourth-order valence-electron chi connectivity index (χ4n) is 2.50. The Balaban J connectivity index is 2.27. The third kappa shape index (κ3) is 10.1. The number of anilines is 2. The fourth-order valence-corrected chi connectivity index (χ4v) is 2.50. The van der Waals surface area contributed by atoms with Crippen LogP contribution in [0.25, 0.3) is 0 Å². The molecule has 36 heavy (non-hydrogen) atoms. The first-order chi connectivity index (χ1) is 16.5. The Labute approximate surface area is 196 Å². The summed E-state index contributed by atoms with van der Waals surface area (Å²) in [6, 6.07) is 4.87. The summed E-state index contributed by atoms with van der Waals surface area (Å²) in [6.45, 7) is -2.49. The first-order valence-corrected chi connectivity index (χ1v) is 9.50. The molecule has 17 heteroatoms. The zero-order valence-electron chi connectivity index (χ0n) is 17.6. The number of nitrogens with zero attached hydrogens (tertiary/aromatic N) is 4. The van der Waals surface area contributed by atoms with Crippen LogP contribution in [0.3, 0.4) is 0 Å². The summed E-state index contributed by atoms with van der Waals surface area (Å²) >= 11 is 0. The molecule has 0 saturated heterocycles. The normalized spacial score (nSPS) is 12.0. The van der Waals surface area contributed by atoms with Crippen LogP contribution in [0.2, 0.25) is 0 Å². The Hall–Kier alpha value is -3.97. The number of urea groups is 1. The van der Waals surface area contributed by atoms with Crippen LogP contribution in [0.4, 0.5) is 55.9 Å². The van der Waals surface area contributed by atoms with Crippen molar-refractivity contribution in [3.05, 3.63) is 36.0 Å². The van der Waals surface area contributed by atoms with E-state index in [2.05, 4.69) is 19.4 Å². The molecule has 0 atom stereocenters. The molecule has 0 radical (unpaired) electrons. The van der Waals surface area contributed by atoms with E-state index in [1.54, 1.807) is 6.07 Å². The van der Waals surface area contributed by atoms with E-state index in [1.165, 1.54) is 0 Å². The second-order valence-electron chi connectivity index (χ2n) is 6.76. The predicted molar refractivity (Wildman–Crippen MR) is 103 cm³/mol. The van der Waals surface area contributed by atoms with Gasteiger partial charge in [0.05, 0.1) is 11.8 Å². The summed E-state index contributed by atoms with van der Waals surface area (Å²) in [5.74, 6) is -2.15. The first-order valence-electron chi connectivity index (χ1n) is 9.50. The number of ether oxygens (including phenoxy) is 2. The van der Waals surface area contributed by atoms with Gasteiger partial charge in [0.15, 0.2) is 6.61 Å². The highest BCUT2D eigenvalue weighted by atomic mass is 19.4. The zero-order chi connectivity index (χ0) is 27.1. The number of alkyl halides is 9. The maximum atomic E-state index is 12.6. The van der Waals surface area contributed by atoms with E-state index in [0.29, 0.717) is 4.90 Å². The molecule has 0 unspecified atom stereocenters. The molecule has 2 amide bonds. The minimum Gasteiger partial charge on any atom is -0.468 e. The molecule has 0 saturated carbocycles. The Kier molecular flexibility index (Phi) is 8.78. The van der Waals surface area contributed by atoms with E-state index in [1.807, 2.05) is 5.32 Å². The molecular weight excluding hydrogens is 517 g/mol. The Morgan fingerprint density at radius 3 is 2.17 bits per heavy atom. The monoisotopic (exact) mass is 531 g/mol. The fraction of sp³-hybridized carbons (Fsp3) is 0.368. The van der Waals surface area contributed by atoms with Crippen LogP contribution in [0, 0.1) is 11.3 Å². The molecule has 0 fully saturated rings. The summed E-state index contributed by atoms with van der Waals surface area (Å²) in [6.07, 6.45) is -16.6. The number of rotatable bonds is 8. The van der Waals surface area contributed by atoms with Gasteiger partial charge >= 0.3 is 24.7 Å². The smallest absolute Gasteiger partial charge is 0.468 e. The average Bonchev–Trinajstić information content (AvgIpc) is 2.73. The SMILES string of the molecule is N#CCN(C(=O)Nc1nc(CCC(F)(F)F)cc(OCC(F)(F)F)n1)c1ccc(OC(F)(F)F)cc1. The largest absolute Gasteiger partial charge is 0.573 e. The second-order valence-corrected chi connectivity index (χ2v) is 6.76. The summed E-state index contributed by atoms with van der Waals surface area (Å²) in [4.78, 5) is 20.5. The molecular formula is C19H14F9N5O3. The molecule has 0 aliphatic heterocycles. The van der Waals surface area contributed by atoms with E-state index in [-0.39, 0.29) is 5.69 Å². The highest BCUT2D eigenvalue weighted by Gasteiger charge is 2.32. The topological polar surface area (TPSA) is 100 Å². The Morgan fingerprint density at radius 1 is 1.00 bits per heavy atom. The number of carbonyl (C=O) groups is 1. The summed E-state index contributed by atoms with van der Waals surface area (Å²) in [5.41, 5.74) is -0.513. The molecule has 1 aromatic heterocycles. The lowest BCUT2D eigenvalue weighted by molar-refractivity contribution is -0.274. The molecule has 0 spiro atoms. The quantitative estimate of drug-likeness (QED) is 0.363. The van der Waals surface area contributed by atoms with Crippen molar-refractivity contribution in [2.24, 2.45) is 0 Å². The van der Waals surface area contributed by atoms with Gasteiger partial charge in [0.25, 0.3) is 0 Å². The molecule has 0 aliphatic rings. The van der Waals surface area contributed by atoms with E-state index in [9.17, 15) is 44.3 Å². The Morgan fingerprint density at radius 2 is 1.64 bits per heavy atom. The first kappa shape index (κ1) is 28.3. The van der Waals surface area contributed by atoms with Crippen molar-refractivity contribution in [1.29, 1.82) is 5.26 Å². The molecule has 1 N–H and O–H groups in total. The third-order valence-electron chi connectivity index (χ3n) is 3.88. The lowest BCUT2D eigenvalue weighted by Gasteiger charge is -2.20. The van der Waals surface area contributed by atoms with Crippen molar-refractivity contribution in [2.45, 2.75) is 31.6 Å². The number of aromatic nitrogens is 2. The molecule has 1 aromatic carbocycles. The van der Waals surface area contributed by atoms with Gasteiger partial charge in [-0.3, -0.25) is 10.2 Å². The average molecular weight is 531 g/mol. The van der Waals surface area contributed by atoms with E-state index in [0.717, 1.165) is 30.3 Å². The van der Waals surface area contributed by atoms with E-state index < -0.39 is 74.0 Å². The van der Waals surface area contributed by atoms with Crippen molar-refractivity contribution < 1.29 is 53.8 Å². The van der Waals surface area contributed by atoms with Crippen molar-refractivity contribution in [1.82, 2.24) is 9.97 Å². The number of nitrogens with one attached hydrogen (secondary N) is 1. The van der Waals surface area contributed by atoms with Gasteiger partial charge in [0, 0.05) is 18.2 Å². The van der Waals surface area contributed by atoms with Gasteiger partial charge in [-0.25, -0.2) is 9.78 Å². The summed E-state index contributed by atoms with van der Waals surface area (Å²) in [5, 5.41) is 11.0. The number of carbonyl (C=O) groups excluding carboxylic acids is 1. The van der Waals surface area contributed by atoms with Gasteiger partial charge in [0.2, 0.25) is 11.8 Å². The van der Waals surface area contributed by atoms with Crippen molar-refractivity contribution >= 4 is 17.7 Å². The molecule has 8 nitrogen and oxygen atoms in total. The zero-order valence-corrected chi connectivity index (χ0v) is 17.6. The van der Waals surface area contributed by atoms with Crippen LogP contribution in [0.1, 0.15) is 12.1 Å². The van der Waals surface area contributed by atoms with Crippen LogP contribution in [0.5, 0.6) is 11.6 Å². The van der Waals surface area contributed by atoms with Crippen LogP contribution in [-0.4, -0.2) is 47.9 Å². The standard InChI is InChI=1S/C19H14F9N5O3/c20-17(21,22)6-5-11-9-14(35-10-18(23,24)25)31-15(30-11)32-16(34)33(8-7-29)12-1-3-13(4-2-12)36-19(26,27)28/h1-4,9H,5-6,8,10H2,(H,30,31,32,34). The molecule has 2 rings (SSSR count). The molecule has 196 valence electrons. The number of hydrogen-bond donors (Lipinski definition) is 1. The highest BCUT2D eigenvalue weighted by molar-refractivity contribution is 6.01. The van der Waals surface area contributed by atoms with Crippen molar-refractivity contribution in [3.8, 4) is 17.7 Å². The van der Waals surface area contributed by atoms with Crippen LogP contribution >= 0.6 is 0 Å². The number of nitriles is 1. The number of amides is 2. The Bertz CT molecular complexity index is 1040. The summed E-state index contributed by atoms with van der Waals surface area (Å²) in [7, 11) is 0. The van der Waals surface area contributed by atoms with Gasteiger partial charge in [-0.15, -0.1) is 13.2 Å². The van der Waals surface area contributed by atoms with Crippen LogP contribution < -0.4 is 19.7 Å². The van der Waals surface area contributed by atoms with Gasteiger partial charge in [-0.2, -0.15) is 36.6 Å². The number of aryl methyl sites for hydroxylation is 1. The van der Waals surface area contributed by atoms with Gasteiger partial charge < -0.3 is 9.47 Å². The van der Waals surface area contributed by atoms with E-state index in [4.69, 9.17) is 5.26 Å². The van der Waals surface area contributed by atoms with Crippen LogP contribution in [-0.2, 0) is 6.42 Å². The lowest BCUT2D eigenvalue weighted by Crippen LogP contribution is -2.36. The molecule has 0 bridgehead atoms. The number of hydrogen-bond acceptors (Lipinski definition) is 6. The molecule has 0 aliphatic carbocycles. The molecule has 1 heterocycles. The predicted octanol–water partition coefficient (Wildman–Crippen LogP) is 5.37. The van der Waals surface area contributed by atoms with E-state index >= 15 is 0 Å². The minimum atomic E-state index is -4.98. The van der Waals surface area contributed by atoms with Crippen LogP contribution in [0.15, 0.2) is 30.3 Å². The van der Waals surface area contributed by atoms with Crippen molar-refractivity contribution in [3.63, 3.8) is 0 Å².